The summed E-state index contributed by atoms with van der Waals surface area (Å²) in [6.45, 7) is 6.17. The number of hydrogen-bond donors (Lipinski definition) is 0. The van der Waals surface area contributed by atoms with E-state index in [1.54, 1.807) is 12.0 Å². The number of hydrogen-bond acceptors (Lipinski definition) is 6. The number of carbonyl (C=O) groups is 1. The molecule has 6 rings (SSSR count). The average molecular weight is 522 g/mol. The number of morpholine rings is 1. The topological polar surface area (TPSA) is 45.2 Å². The molecule has 3 heterocycles. The molecule has 3 aliphatic rings. The third kappa shape index (κ3) is 5.10. The van der Waals surface area contributed by atoms with Crippen molar-refractivity contribution in [3.8, 4) is 5.75 Å². The minimum absolute atomic E-state index is 0.0476. The van der Waals surface area contributed by atoms with Crippen molar-refractivity contribution >= 4 is 28.6 Å². The number of nitrogens with zero attached hydrogens (tertiary/aromatic N) is 3. The lowest BCUT2D eigenvalue weighted by atomic mass is 10.1. The molecule has 3 aromatic rings. The minimum atomic E-state index is -0.287. The van der Waals surface area contributed by atoms with Crippen LogP contribution in [0, 0.1) is 23.6 Å². The zero-order valence-electron chi connectivity index (χ0n) is 21.0. The summed E-state index contributed by atoms with van der Waals surface area (Å²) in [5.41, 5.74) is 2.49. The lowest BCUT2D eigenvalue weighted by molar-refractivity contribution is 0.0988. The van der Waals surface area contributed by atoms with E-state index < -0.39 is 0 Å². The van der Waals surface area contributed by atoms with Gasteiger partial charge in [-0.1, -0.05) is 18.2 Å². The van der Waals surface area contributed by atoms with Gasteiger partial charge in [-0.15, -0.1) is 11.3 Å². The fraction of sp³-hybridized carbons (Fsp3) is 0.414. The lowest BCUT2D eigenvalue weighted by Crippen LogP contribution is -2.37. The van der Waals surface area contributed by atoms with Crippen LogP contribution >= 0.6 is 11.3 Å². The Morgan fingerprint density at radius 3 is 2.51 bits per heavy atom. The fourth-order valence-corrected chi connectivity index (χ4v) is 6.57. The second kappa shape index (κ2) is 10.4. The maximum Gasteiger partial charge on any atom is 0.268 e. The Morgan fingerprint density at radius 2 is 1.86 bits per heavy atom. The molecule has 1 amide bonds. The highest BCUT2D eigenvalue weighted by molar-refractivity contribution is 7.12. The van der Waals surface area contributed by atoms with Crippen LogP contribution in [0.15, 0.2) is 60.0 Å². The zero-order valence-corrected chi connectivity index (χ0v) is 21.8. The van der Waals surface area contributed by atoms with Crippen LogP contribution in [-0.2, 0) is 11.3 Å². The molecule has 0 radical (unpaired) electrons. The van der Waals surface area contributed by atoms with E-state index in [-0.39, 0.29) is 11.7 Å². The van der Waals surface area contributed by atoms with Crippen molar-refractivity contribution in [1.29, 1.82) is 0 Å². The van der Waals surface area contributed by atoms with E-state index in [1.165, 1.54) is 23.0 Å². The Bertz CT molecular complexity index is 1220. The standard InChI is InChI=1S/C29H32FN3O3S/c1-35-22-7-4-20(5-8-22)16-31-17-23-24(18-31)25(23)19-33(29(34)28-3-2-14-37-28)21-6-9-27(26(30)15-21)32-10-12-36-13-11-32/h2-9,14-15,23-25H,10-13,16-19H2,1H3. The average Bonchev–Trinajstić information content (AvgIpc) is 3.31. The second-order valence-electron chi connectivity index (χ2n) is 10.2. The summed E-state index contributed by atoms with van der Waals surface area (Å²) in [6.07, 6.45) is 0. The van der Waals surface area contributed by atoms with Crippen molar-refractivity contribution in [3.05, 3.63) is 76.2 Å². The molecule has 0 N–H and O–H groups in total. The Morgan fingerprint density at radius 1 is 1.11 bits per heavy atom. The Balaban J connectivity index is 1.14. The predicted octanol–water partition coefficient (Wildman–Crippen LogP) is 4.76. The summed E-state index contributed by atoms with van der Waals surface area (Å²) in [4.78, 5) is 20.5. The molecule has 2 aromatic carbocycles. The zero-order chi connectivity index (χ0) is 25.4. The van der Waals surface area contributed by atoms with Crippen LogP contribution in [0.3, 0.4) is 0 Å². The van der Waals surface area contributed by atoms with Crippen molar-refractivity contribution < 1.29 is 18.7 Å². The second-order valence-corrected chi connectivity index (χ2v) is 11.1. The molecule has 3 fully saturated rings. The van der Waals surface area contributed by atoms with Crippen molar-refractivity contribution in [2.75, 3.05) is 62.8 Å². The fourth-order valence-electron chi connectivity index (χ4n) is 5.90. The van der Waals surface area contributed by atoms with Crippen LogP contribution < -0.4 is 14.5 Å². The minimum Gasteiger partial charge on any atom is -0.497 e. The van der Waals surface area contributed by atoms with Gasteiger partial charge in [-0.2, -0.15) is 0 Å². The number of ether oxygens (including phenoxy) is 2. The number of likely N-dealkylation sites (tertiary alicyclic amines) is 1. The molecule has 194 valence electrons. The van der Waals surface area contributed by atoms with Crippen LogP contribution in [-0.4, -0.2) is 63.9 Å². The van der Waals surface area contributed by atoms with E-state index in [0.717, 1.165) is 25.4 Å². The Labute approximate surface area is 221 Å². The highest BCUT2D eigenvalue weighted by atomic mass is 32.1. The molecule has 2 atom stereocenters. The third-order valence-electron chi connectivity index (χ3n) is 7.98. The van der Waals surface area contributed by atoms with Gasteiger partial charge in [0.25, 0.3) is 5.91 Å². The highest BCUT2D eigenvalue weighted by Crippen LogP contribution is 2.52. The first-order chi connectivity index (χ1) is 18.1. The number of benzene rings is 2. The van der Waals surface area contributed by atoms with Crippen LogP contribution in [0.5, 0.6) is 5.75 Å². The number of methoxy groups -OCH3 is 1. The molecule has 0 spiro atoms. The number of piperidine rings is 1. The SMILES string of the molecule is COc1ccc(CN2CC3C(C2)C3CN(C(=O)c2cccs2)c2ccc(N3CCOCC3)c(F)c2)cc1. The molecule has 8 heteroatoms. The number of thiophene rings is 1. The van der Waals surface area contributed by atoms with Crippen molar-refractivity contribution in [2.45, 2.75) is 6.54 Å². The summed E-state index contributed by atoms with van der Waals surface area (Å²) >= 11 is 1.43. The van der Waals surface area contributed by atoms with Gasteiger partial charge < -0.3 is 19.3 Å². The van der Waals surface area contributed by atoms with Gasteiger partial charge in [0, 0.05) is 45.0 Å². The quantitative estimate of drug-likeness (QED) is 0.428. The lowest BCUT2D eigenvalue weighted by Gasteiger charge is -2.30. The van der Waals surface area contributed by atoms with Gasteiger partial charge in [0.1, 0.15) is 11.6 Å². The van der Waals surface area contributed by atoms with Gasteiger partial charge in [0.05, 0.1) is 30.9 Å². The van der Waals surface area contributed by atoms with Gasteiger partial charge in [-0.05, 0) is 65.1 Å². The summed E-state index contributed by atoms with van der Waals surface area (Å²) in [5, 5.41) is 1.91. The number of halogens is 1. The molecule has 37 heavy (non-hydrogen) atoms. The van der Waals surface area contributed by atoms with E-state index in [2.05, 4.69) is 17.0 Å². The van der Waals surface area contributed by atoms with E-state index in [1.807, 2.05) is 46.7 Å². The largest absolute Gasteiger partial charge is 0.497 e. The first-order valence-electron chi connectivity index (χ1n) is 12.9. The predicted molar refractivity (Wildman–Crippen MR) is 144 cm³/mol. The Hall–Kier alpha value is -2.94. The molecule has 2 unspecified atom stereocenters. The van der Waals surface area contributed by atoms with Gasteiger partial charge in [0.15, 0.2) is 0 Å². The van der Waals surface area contributed by atoms with Crippen LogP contribution in [0.4, 0.5) is 15.8 Å². The maximum absolute atomic E-state index is 15.3. The molecule has 2 aliphatic heterocycles. The van der Waals surface area contributed by atoms with E-state index >= 15 is 4.39 Å². The number of anilines is 2. The first kappa shape index (κ1) is 24.4. The normalized spacial score (nSPS) is 23.1. The molecule has 0 bridgehead atoms. The molecule has 6 nitrogen and oxygen atoms in total. The van der Waals surface area contributed by atoms with Crippen molar-refractivity contribution in [1.82, 2.24) is 4.90 Å². The van der Waals surface area contributed by atoms with Gasteiger partial charge >= 0.3 is 0 Å². The molecule has 2 saturated heterocycles. The molecule has 1 aliphatic carbocycles. The van der Waals surface area contributed by atoms with Crippen molar-refractivity contribution in [2.24, 2.45) is 17.8 Å². The summed E-state index contributed by atoms with van der Waals surface area (Å²) < 4.78 is 25.9. The Kier molecular flexibility index (Phi) is 6.88. The van der Waals surface area contributed by atoms with E-state index in [9.17, 15) is 4.79 Å². The molecule has 1 saturated carbocycles. The summed E-state index contributed by atoms with van der Waals surface area (Å²) in [5.74, 6) is 2.14. The van der Waals surface area contributed by atoms with Crippen LogP contribution in [0.25, 0.3) is 0 Å². The monoisotopic (exact) mass is 521 g/mol. The summed E-state index contributed by atoms with van der Waals surface area (Å²) in [7, 11) is 1.68. The number of carbonyl (C=O) groups excluding carboxylic acids is 1. The number of rotatable bonds is 8. The number of amides is 1. The first-order valence-corrected chi connectivity index (χ1v) is 13.8. The smallest absolute Gasteiger partial charge is 0.268 e. The summed E-state index contributed by atoms with van der Waals surface area (Å²) in [6, 6.07) is 17.2. The van der Waals surface area contributed by atoms with Crippen molar-refractivity contribution in [3.63, 3.8) is 0 Å². The van der Waals surface area contributed by atoms with Gasteiger partial charge in [-0.3, -0.25) is 9.69 Å². The van der Waals surface area contributed by atoms with Gasteiger partial charge in [0.2, 0.25) is 0 Å². The third-order valence-corrected chi connectivity index (χ3v) is 8.84. The van der Waals surface area contributed by atoms with Gasteiger partial charge in [-0.25, -0.2) is 4.39 Å². The van der Waals surface area contributed by atoms with Crippen LogP contribution in [0.1, 0.15) is 15.2 Å². The van der Waals surface area contributed by atoms with E-state index in [0.29, 0.717) is 66.9 Å². The van der Waals surface area contributed by atoms with Crippen LogP contribution in [0.2, 0.25) is 0 Å². The molecule has 1 aromatic heterocycles. The highest BCUT2D eigenvalue weighted by Gasteiger charge is 2.56. The number of fused-ring (bicyclic) bond motifs is 1. The maximum atomic E-state index is 15.3. The molecular formula is C29H32FN3O3S. The van der Waals surface area contributed by atoms with E-state index in [4.69, 9.17) is 9.47 Å². The molecular weight excluding hydrogens is 489 g/mol.